The van der Waals surface area contributed by atoms with Gasteiger partial charge in [-0.15, -0.1) is 0 Å². The number of ether oxygens (including phenoxy) is 2. The molecule has 0 unspecified atom stereocenters. The molecule has 122 valence electrons. The van der Waals surface area contributed by atoms with Crippen LogP contribution in [-0.4, -0.2) is 36.6 Å². The fraction of sp³-hybridized carbons (Fsp3) is 0.800. The predicted octanol–water partition coefficient (Wildman–Crippen LogP) is 2.45. The van der Waals surface area contributed by atoms with Gasteiger partial charge in [0.15, 0.2) is 0 Å². The van der Waals surface area contributed by atoms with E-state index in [9.17, 15) is 14.4 Å². The minimum Gasteiger partial charge on any atom is -0.469 e. The summed E-state index contributed by atoms with van der Waals surface area (Å²) >= 11 is 0. The van der Waals surface area contributed by atoms with Gasteiger partial charge in [0.1, 0.15) is 17.8 Å². The van der Waals surface area contributed by atoms with Crippen molar-refractivity contribution < 1.29 is 23.9 Å². The van der Waals surface area contributed by atoms with E-state index in [0.29, 0.717) is 12.8 Å². The van der Waals surface area contributed by atoms with Gasteiger partial charge in [0.05, 0.1) is 7.11 Å². The van der Waals surface area contributed by atoms with Gasteiger partial charge in [0.25, 0.3) is 0 Å². The summed E-state index contributed by atoms with van der Waals surface area (Å²) in [4.78, 5) is 34.0. The third kappa shape index (κ3) is 7.68. The SMILES string of the molecule is CC.COC(=O)CC(=O)C1CC(NC(=O)OC(C)(C)C)C1. The third-order valence-electron chi connectivity index (χ3n) is 2.86. The Bertz CT molecular complexity index is 367. The second-order valence-electron chi connectivity index (χ2n) is 5.73. The monoisotopic (exact) mass is 301 g/mol. The molecule has 0 atom stereocenters. The Labute approximate surface area is 126 Å². The highest BCUT2D eigenvalue weighted by Crippen LogP contribution is 2.29. The van der Waals surface area contributed by atoms with E-state index in [1.807, 2.05) is 13.8 Å². The Balaban J connectivity index is 0.00000191. The van der Waals surface area contributed by atoms with Gasteiger partial charge in [-0.05, 0) is 33.6 Å². The van der Waals surface area contributed by atoms with E-state index in [1.54, 1.807) is 20.8 Å². The van der Waals surface area contributed by atoms with Crippen LogP contribution in [0.5, 0.6) is 0 Å². The van der Waals surface area contributed by atoms with Crippen LogP contribution in [-0.2, 0) is 19.1 Å². The fourth-order valence-corrected chi connectivity index (χ4v) is 1.83. The molecule has 1 rings (SSSR count). The molecule has 1 fully saturated rings. The van der Waals surface area contributed by atoms with Crippen LogP contribution in [0.15, 0.2) is 0 Å². The van der Waals surface area contributed by atoms with Crippen molar-refractivity contribution in [3.05, 3.63) is 0 Å². The topological polar surface area (TPSA) is 81.7 Å². The summed E-state index contributed by atoms with van der Waals surface area (Å²) in [6.45, 7) is 9.36. The molecule has 0 aromatic rings. The Hall–Kier alpha value is -1.59. The number of Topliss-reactive ketones (excluding diaryl/α,β-unsaturated/α-hetero) is 1. The first-order valence-electron chi connectivity index (χ1n) is 7.30. The third-order valence-corrected chi connectivity index (χ3v) is 2.86. The van der Waals surface area contributed by atoms with Crippen LogP contribution >= 0.6 is 0 Å². The number of carbonyl (C=O) groups excluding carboxylic acids is 3. The lowest BCUT2D eigenvalue weighted by atomic mass is 9.77. The predicted molar refractivity (Wildman–Crippen MR) is 78.9 cm³/mol. The van der Waals surface area contributed by atoms with Crippen LogP contribution in [0.3, 0.4) is 0 Å². The van der Waals surface area contributed by atoms with E-state index < -0.39 is 17.7 Å². The normalized spacial score (nSPS) is 20.3. The standard InChI is InChI=1S/C13H21NO5.C2H6/c1-13(2,3)19-12(17)14-9-5-8(6-9)10(15)7-11(16)18-4;1-2/h8-9H,5-7H2,1-4H3,(H,14,17);1-2H3. The van der Waals surface area contributed by atoms with Crippen LogP contribution in [0.25, 0.3) is 0 Å². The minimum absolute atomic E-state index is 0.0542. The van der Waals surface area contributed by atoms with Crippen molar-refractivity contribution in [1.29, 1.82) is 0 Å². The van der Waals surface area contributed by atoms with Crippen molar-refractivity contribution in [2.45, 2.75) is 65.5 Å². The zero-order chi connectivity index (χ0) is 16.6. The van der Waals surface area contributed by atoms with E-state index >= 15 is 0 Å². The highest BCUT2D eigenvalue weighted by Gasteiger charge is 2.36. The second kappa shape index (κ2) is 8.64. The molecule has 0 spiro atoms. The van der Waals surface area contributed by atoms with Crippen molar-refractivity contribution in [2.75, 3.05) is 7.11 Å². The Kier molecular flexibility index (Phi) is 7.99. The molecule has 0 saturated heterocycles. The average molecular weight is 301 g/mol. The summed E-state index contributed by atoms with van der Waals surface area (Å²) in [5.41, 5.74) is -0.534. The largest absolute Gasteiger partial charge is 0.469 e. The molecular weight excluding hydrogens is 274 g/mol. The van der Waals surface area contributed by atoms with E-state index in [4.69, 9.17) is 4.74 Å². The summed E-state index contributed by atoms with van der Waals surface area (Å²) in [5.74, 6) is -0.818. The number of alkyl carbamates (subject to hydrolysis) is 1. The molecule has 1 aliphatic carbocycles. The summed E-state index contributed by atoms with van der Waals surface area (Å²) in [5, 5.41) is 2.70. The maximum absolute atomic E-state index is 11.6. The molecule has 0 aliphatic heterocycles. The van der Waals surface area contributed by atoms with Crippen molar-refractivity contribution in [2.24, 2.45) is 5.92 Å². The first kappa shape index (κ1) is 19.4. The van der Waals surface area contributed by atoms with Crippen LogP contribution < -0.4 is 5.32 Å². The highest BCUT2D eigenvalue weighted by molar-refractivity contribution is 5.97. The van der Waals surface area contributed by atoms with E-state index in [-0.39, 0.29) is 24.2 Å². The Morgan fingerprint density at radius 3 is 2.10 bits per heavy atom. The smallest absolute Gasteiger partial charge is 0.407 e. The molecule has 6 heteroatoms. The minimum atomic E-state index is -0.534. The molecule has 1 amide bonds. The second-order valence-corrected chi connectivity index (χ2v) is 5.73. The Morgan fingerprint density at radius 2 is 1.67 bits per heavy atom. The maximum Gasteiger partial charge on any atom is 0.407 e. The number of esters is 1. The van der Waals surface area contributed by atoms with Gasteiger partial charge in [-0.1, -0.05) is 13.8 Å². The van der Waals surface area contributed by atoms with Gasteiger partial charge in [-0.25, -0.2) is 4.79 Å². The number of rotatable bonds is 4. The molecule has 1 aliphatic rings. The molecule has 1 N–H and O–H groups in total. The van der Waals surface area contributed by atoms with Crippen molar-refractivity contribution in [1.82, 2.24) is 5.32 Å². The van der Waals surface area contributed by atoms with Gasteiger partial charge in [0, 0.05) is 12.0 Å². The number of amides is 1. The molecule has 0 heterocycles. The molecular formula is C15H27NO5. The van der Waals surface area contributed by atoms with E-state index in [2.05, 4.69) is 10.1 Å². The summed E-state index contributed by atoms with van der Waals surface area (Å²) in [7, 11) is 1.25. The highest BCUT2D eigenvalue weighted by atomic mass is 16.6. The van der Waals surface area contributed by atoms with Gasteiger partial charge >= 0.3 is 12.1 Å². The van der Waals surface area contributed by atoms with Gasteiger partial charge in [0.2, 0.25) is 0 Å². The molecule has 1 saturated carbocycles. The quantitative estimate of drug-likeness (QED) is 0.637. The van der Waals surface area contributed by atoms with Crippen LogP contribution in [0.4, 0.5) is 4.79 Å². The summed E-state index contributed by atoms with van der Waals surface area (Å²) in [6, 6.07) is -0.0542. The lowest BCUT2D eigenvalue weighted by Crippen LogP contribution is -2.48. The first-order valence-corrected chi connectivity index (χ1v) is 7.30. The number of methoxy groups -OCH3 is 1. The molecule has 21 heavy (non-hydrogen) atoms. The number of ketones is 1. The maximum atomic E-state index is 11.6. The van der Waals surface area contributed by atoms with Gasteiger partial charge in [-0.2, -0.15) is 0 Å². The van der Waals surface area contributed by atoms with Crippen LogP contribution in [0.1, 0.15) is 53.9 Å². The molecule has 0 bridgehead atoms. The molecule has 0 aromatic heterocycles. The molecule has 0 radical (unpaired) electrons. The fourth-order valence-electron chi connectivity index (χ4n) is 1.83. The summed E-state index contributed by atoms with van der Waals surface area (Å²) < 4.78 is 9.55. The lowest BCUT2D eigenvalue weighted by Gasteiger charge is -2.35. The van der Waals surface area contributed by atoms with E-state index in [1.165, 1.54) is 7.11 Å². The van der Waals surface area contributed by atoms with E-state index in [0.717, 1.165) is 0 Å². The van der Waals surface area contributed by atoms with Crippen molar-refractivity contribution >= 4 is 17.8 Å². The number of carbonyl (C=O) groups is 3. The number of hydrogen-bond donors (Lipinski definition) is 1. The number of hydrogen-bond acceptors (Lipinski definition) is 5. The zero-order valence-corrected chi connectivity index (χ0v) is 13.8. The van der Waals surface area contributed by atoms with Crippen LogP contribution in [0, 0.1) is 5.92 Å². The first-order chi connectivity index (χ1) is 9.71. The van der Waals surface area contributed by atoms with Gasteiger partial charge in [-0.3, -0.25) is 9.59 Å². The zero-order valence-electron chi connectivity index (χ0n) is 13.8. The summed E-state index contributed by atoms with van der Waals surface area (Å²) in [6.07, 6.45) is 0.432. The molecule has 0 aromatic carbocycles. The lowest BCUT2D eigenvalue weighted by molar-refractivity contribution is -0.145. The van der Waals surface area contributed by atoms with Crippen molar-refractivity contribution in [3.8, 4) is 0 Å². The number of nitrogens with one attached hydrogen (secondary N) is 1. The average Bonchev–Trinajstić information content (AvgIpc) is 2.33. The molecule has 6 nitrogen and oxygen atoms in total. The van der Waals surface area contributed by atoms with Crippen molar-refractivity contribution in [3.63, 3.8) is 0 Å². The Morgan fingerprint density at radius 1 is 1.14 bits per heavy atom. The van der Waals surface area contributed by atoms with Crippen LogP contribution in [0.2, 0.25) is 0 Å². The van der Waals surface area contributed by atoms with Gasteiger partial charge < -0.3 is 14.8 Å².